The quantitative estimate of drug-likeness (QED) is 0.706. The zero-order valence-corrected chi connectivity index (χ0v) is 16.4. The zero-order chi connectivity index (χ0) is 18.6. The fourth-order valence-corrected chi connectivity index (χ4v) is 6.20. The molecule has 1 aromatic carbocycles. The molecule has 3 rings (SSSR count). The number of hydrogen-bond acceptors (Lipinski definition) is 5. The molecule has 7 heteroatoms. The molecule has 1 fully saturated rings. The monoisotopic (exact) mass is 393 g/mol. The van der Waals surface area contributed by atoms with E-state index in [1.54, 1.807) is 24.4 Å². The third-order valence-corrected chi connectivity index (χ3v) is 7.94. The molecule has 1 aliphatic heterocycles. The van der Waals surface area contributed by atoms with E-state index in [0.717, 1.165) is 5.56 Å². The van der Waals surface area contributed by atoms with Crippen molar-refractivity contribution in [3.63, 3.8) is 0 Å². The van der Waals surface area contributed by atoms with Gasteiger partial charge in [-0.05, 0) is 43.2 Å². The number of nitrogens with zero attached hydrogens (tertiary/aromatic N) is 1. The maximum Gasteiger partial charge on any atom is 0.313 e. The lowest BCUT2D eigenvalue weighted by atomic mass is 9.75. The second-order valence-electron chi connectivity index (χ2n) is 6.54. The number of sulfonamides is 1. The second kappa shape index (κ2) is 7.90. The first-order chi connectivity index (χ1) is 12.5. The van der Waals surface area contributed by atoms with Crippen LogP contribution in [0.4, 0.5) is 0 Å². The van der Waals surface area contributed by atoms with Crippen LogP contribution >= 0.6 is 11.3 Å². The van der Waals surface area contributed by atoms with Crippen LogP contribution in [0, 0.1) is 5.41 Å². The molecule has 1 atom stereocenters. The van der Waals surface area contributed by atoms with Crippen LogP contribution in [0.25, 0.3) is 0 Å². The van der Waals surface area contributed by atoms with E-state index < -0.39 is 15.4 Å². The van der Waals surface area contributed by atoms with E-state index in [2.05, 4.69) is 0 Å². The normalized spacial score (nSPS) is 21.4. The predicted molar refractivity (Wildman–Crippen MR) is 102 cm³/mol. The van der Waals surface area contributed by atoms with Crippen LogP contribution in [-0.2, 0) is 26.0 Å². The number of hydrogen-bond donors (Lipinski definition) is 0. The summed E-state index contributed by atoms with van der Waals surface area (Å²) >= 11 is 1.20. The minimum Gasteiger partial charge on any atom is -0.466 e. The molecule has 0 N–H and O–H groups in total. The first-order valence-corrected chi connectivity index (χ1v) is 11.0. The zero-order valence-electron chi connectivity index (χ0n) is 14.8. The summed E-state index contributed by atoms with van der Waals surface area (Å²) in [5.74, 6) is -0.310. The van der Waals surface area contributed by atoms with Crippen molar-refractivity contribution in [2.75, 3.05) is 19.7 Å². The summed E-state index contributed by atoms with van der Waals surface area (Å²) in [5, 5.41) is 1.75. The lowest BCUT2D eigenvalue weighted by Crippen LogP contribution is -2.51. The number of esters is 1. The maximum absolute atomic E-state index is 13.0. The van der Waals surface area contributed by atoms with Crippen molar-refractivity contribution in [3.8, 4) is 0 Å². The van der Waals surface area contributed by atoms with Crippen molar-refractivity contribution < 1.29 is 17.9 Å². The van der Waals surface area contributed by atoms with Crippen molar-refractivity contribution in [1.82, 2.24) is 4.31 Å². The highest BCUT2D eigenvalue weighted by Crippen LogP contribution is 2.38. The van der Waals surface area contributed by atoms with Gasteiger partial charge in [0.1, 0.15) is 4.21 Å². The van der Waals surface area contributed by atoms with Gasteiger partial charge in [-0.15, -0.1) is 11.3 Å². The average molecular weight is 394 g/mol. The molecular formula is C19H23NO4S2. The van der Waals surface area contributed by atoms with E-state index >= 15 is 0 Å². The molecule has 1 saturated heterocycles. The molecule has 0 bridgehead atoms. The standard InChI is InChI=1S/C19H23NO4S2/c1-2-24-18(21)19(14-16-8-4-3-5-9-16)11-7-12-20(15-19)26(22,23)17-10-6-13-25-17/h3-6,8-10,13H,2,7,11-12,14-15H2,1H3. The Bertz CT molecular complexity index is 834. The molecule has 140 valence electrons. The number of carbonyl (C=O) groups excluding carboxylic acids is 1. The Hall–Kier alpha value is -1.70. The van der Waals surface area contributed by atoms with E-state index in [1.807, 2.05) is 30.3 Å². The highest BCUT2D eigenvalue weighted by Gasteiger charge is 2.46. The van der Waals surface area contributed by atoms with Crippen molar-refractivity contribution in [1.29, 1.82) is 0 Å². The van der Waals surface area contributed by atoms with Crippen LogP contribution in [-0.4, -0.2) is 38.4 Å². The fourth-order valence-electron chi connectivity index (χ4n) is 3.49. The first-order valence-electron chi connectivity index (χ1n) is 8.73. The Labute approximate surface area is 158 Å². The van der Waals surface area contributed by atoms with Gasteiger partial charge in [-0.25, -0.2) is 8.42 Å². The first kappa shape index (κ1) is 19.1. The lowest BCUT2D eigenvalue weighted by molar-refractivity contribution is -0.157. The fraction of sp³-hybridized carbons (Fsp3) is 0.421. The highest BCUT2D eigenvalue weighted by atomic mass is 32.2. The minimum atomic E-state index is -3.59. The molecule has 26 heavy (non-hydrogen) atoms. The number of thiophene rings is 1. The molecule has 0 radical (unpaired) electrons. The molecule has 1 aliphatic rings. The van der Waals surface area contributed by atoms with Gasteiger partial charge in [0.05, 0.1) is 12.0 Å². The molecule has 0 spiro atoms. The minimum absolute atomic E-state index is 0.154. The summed E-state index contributed by atoms with van der Waals surface area (Å²) in [6, 6.07) is 13.0. The summed E-state index contributed by atoms with van der Waals surface area (Å²) in [6.07, 6.45) is 1.73. The number of rotatable bonds is 6. The Kier molecular flexibility index (Phi) is 5.79. The Morgan fingerprint density at radius 1 is 1.23 bits per heavy atom. The Morgan fingerprint density at radius 3 is 2.65 bits per heavy atom. The molecule has 0 amide bonds. The summed E-state index contributed by atoms with van der Waals surface area (Å²) in [5.41, 5.74) is 0.163. The van der Waals surface area contributed by atoms with E-state index in [1.165, 1.54) is 15.6 Å². The summed E-state index contributed by atoms with van der Waals surface area (Å²) in [7, 11) is -3.59. The van der Waals surface area contributed by atoms with Gasteiger partial charge in [0.15, 0.2) is 0 Å². The molecule has 0 saturated carbocycles. The topological polar surface area (TPSA) is 63.7 Å². The van der Waals surface area contributed by atoms with E-state index in [0.29, 0.717) is 30.0 Å². The number of benzene rings is 1. The van der Waals surface area contributed by atoms with Crippen molar-refractivity contribution >= 4 is 27.3 Å². The van der Waals surface area contributed by atoms with Gasteiger partial charge in [0, 0.05) is 13.1 Å². The summed E-state index contributed by atoms with van der Waals surface area (Å²) in [4.78, 5) is 12.8. The molecule has 0 aliphatic carbocycles. The Morgan fingerprint density at radius 2 is 2.00 bits per heavy atom. The van der Waals surface area contributed by atoms with E-state index in [9.17, 15) is 13.2 Å². The summed E-state index contributed by atoms with van der Waals surface area (Å²) < 4.78 is 33.0. The van der Waals surface area contributed by atoms with E-state index in [4.69, 9.17) is 4.74 Å². The third kappa shape index (κ3) is 3.84. The van der Waals surface area contributed by atoms with Gasteiger partial charge in [-0.2, -0.15) is 4.31 Å². The molecule has 2 aromatic rings. The van der Waals surface area contributed by atoms with Crippen molar-refractivity contribution in [3.05, 3.63) is 53.4 Å². The van der Waals surface area contributed by atoms with Gasteiger partial charge >= 0.3 is 5.97 Å². The smallest absolute Gasteiger partial charge is 0.313 e. The van der Waals surface area contributed by atoms with Gasteiger partial charge in [-0.3, -0.25) is 4.79 Å². The van der Waals surface area contributed by atoms with Crippen LogP contribution in [0.3, 0.4) is 0 Å². The lowest BCUT2D eigenvalue weighted by Gasteiger charge is -2.40. The van der Waals surface area contributed by atoms with Gasteiger partial charge in [0.2, 0.25) is 0 Å². The predicted octanol–water partition coefficient (Wildman–Crippen LogP) is 3.32. The SMILES string of the molecule is CCOC(=O)C1(Cc2ccccc2)CCCN(S(=O)(=O)c2cccs2)C1. The second-order valence-corrected chi connectivity index (χ2v) is 9.65. The van der Waals surface area contributed by atoms with Crippen LogP contribution in [0.1, 0.15) is 25.3 Å². The third-order valence-electron chi connectivity index (χ3n) is 4.72. The molecule has 2 heterocycles. The number of carbonyl (C=O) groups is 1. The van der Waals surface area contributed by atoms with Crippen molar-refractivity contribution in [2.45, 2.75) is 30.4 Å². The Balaban J connectivity index is 1.92. The van der Waals surface area contributed by atoms with Gasteiger partial charge in [0.25, 0.3) is 10.0 Å². The number of ether oxygens (including phenoxy) is 1. The van der Waals surface area contributed by atoms with Crippen LogP contribution in [0.2, 0.25) is 0 Å². The number of piperidine rings is 1. The molecule has 5 nitrogen and oxygen atoms in total. The molecular weight excluding hydrogens is 370 g/mol. The van der Waals surface area contributed by atoms with Crippen molar-refractivity contribution in [2.24, 2.45) is 5.41 Å². The summed E-state index contributed by atoms with van der Waals surface area (Å²) in [6.45, 7) is 2.64. The van der Waals surface area contributed by atoms with Crippen LogP contribution in [0.5, 0.6) is 0 Å². The molecule has 1 aromatic heterocycles. The highest BCUT2D eigenvalue weighted by molar-refractivity contribution is 7.91. The van der Waals surface area contributed by atoms with E-state index in [-0.39, 0.29) is 19.1 Å². The van der Waals surface area contributed by atoms with Crippen LogP contribution < -0.4 is 0 Å². The van der Waals surface area contributed by atoms with Gasteiger partial charge < -0.3 is 4.74 Å². The molecule has 1 unspecified atom stereocenters. The van der Waals surface area contributed by atoms with Gasteiger partial charge in [-0.1, -0.05) is 36.4 Å². The average Bonchev–Trinajstić information content (AvgIpc) is 3.18. The maximum atomic E-state index is 13.0. The van der Waals surface area contributed by atoms with Crippen LogP contribution in [0.15, 0.2) is 52.1 Å². The largest absolute Gasteiger partial charge is 0.466 e.